The van der Waals surface area contributed by atoms with Crippen LogP contribution in [0.2, 0.25) is 0 Å². The van der Waals surface area contributed by atoms with E-state index >= 15 is 0 Å². The number of benzene rings is 1. The number of nitrogens with zero attached hydrogens (tertiary/aromatic N) is 3. The minimum atomic E-state index is -0.136. The third-order valence-corrected chi connectivity index (χ3v) is 5.18. The Labute approximate surface area is 148 Å². The maximum Gasteiger partial charge on any atom is 0.208 e. The Bertz CT molecular complexity index is 1080. The van der Waals surface area contributed by atoms with E-state index in [4.69, 9.17) is 5.73 Å². The van der Waals surface area contributed by atoms with Gasteiger partial charge in [-0.15, -0.1) is 11.3 Å². The molecule has 0 aliphatic rings. The number of ketones is 1. The minimum Gasteiger partial charge on any atom is -0.383 e. The van der Waals surface area contributed by atoms with Gasteiger partial charge in [-0.2, -0.15) is 0 Å². The fourth-order valence-electron chi connectivity index (χ4n) is 2.98. The van der Waals surface area contributed by atoms with E-state index in [1.165, 1.54) is 40.3 Å². The first-order valence-corrected chi connectivity index (χ1v) is 8.73. The van der Waals surface area contributed by atoms with E-state index in [1.807, 2.05) is 23.6 Å². The second kappa shape index (κ2) is 6.14. The zero-order valence-corrected chi connectivity index (χ0v) is 14.5. The van der Waals surface area contributed by atoms with Gasteiger partial charge in [0, 0.05) is 29.8 Å². The molecule has 0 saturated carbocycles. The maximum atomic E-state index is 12.6. The highest BCUT2D eigenvalue weighted by atomic mass is 32.1. The number of hydrogen-bond acceptors (Lipinski definition) is 5. The highest BCUT2D eigenvalue weighted by molar-refractivity contribution is 7.12. The van der Waals surface area contributed by atoms with Crippen LogP contribution in [0.3, 0.4) is 0 Å². The largest absolute Gasteiger partial charge is 0.383 e. The van der Waals surface area contributed by atoms with E-state index in [0.29, 0.717) is 10.4 Å². The normalized spacial score (nSPS) is 11.1. The topological polar surface area (TPSA) is 73.8 Å². The summed E-state index contributed by atoms with van der Waals surface area (Å²) in [5.74, 6) is 0.0740. The van der Waals surface area contributed by atoms with Crippen LogP contribution in [0, 0.1) is 6.92 Å². The van der Waals surface area contributed by atoms with Gasteiger partial charge in [0.1, 0.15) is 12.1 Å². The second-order valence-electron chi connectivity index (χ2n) is 5.93. The zero-order valence-electron chi connectivity index (χ0n) is 13.6. The molecular formula is C19H16N4OS. The van der Waals surface area contributed by atoms with Gasteiger partial charge < -0.3 is 10.3 Å². The maximum absolute atomic E-state index is 12.6. The summed E-state index contributed by atoms with van der Waals surface area (Å²) in [6.07, 6.45) is 4.95. The van der Waals surface area contributed by atoms with Gasteiger partial charge in [-0.05, 0) is 35.6 Å². The second-order valence-corrected chi connectivity index (χ2v) is 6.84. The summed E-state index contributed by atoms with van der Waals surface area (Å²) in [7, 11) is 0. The van der Waals surface area contributed by atoms with E-state index in [0.717, 1.165) is 12.1 Å². The van der Waals surface area contributed by atoms with Crippen molar-refractivity contribution in [2.45, 2.75) is 13.5 Å². The lowest BCUT2D eigenvalue weighted by atomic mass is 10.1. The van der Waals surface area contributed by atoms with Gasteiger partial charge in [-0.3, -0.25) is 4.79 Å². The SMILES string of the molecule is Cc1cn(Cc2csc(C(=O)c3cncnc3N)c2)c2ccccc12. The summed E-state index contributed by atoms with van der Waals surface area (Å²) in [4.78, 5) is 21.0. The molecule has 0 saturated heterocycles. The lowest BCUT2D eigenvalue weighted by molar-refractivity contribution is 0.104. The van der Waals surface area contributed by atoms with E-state index in [2.05, 4.69) is 39.8 Å². The number of nitrogens with two attached hydrogens (primary N) is 1. The monoisotopic (exact) mass is 348 g/mol. The van der Waals surface area contributed by atoms with E-state index in [-0.39, 0.29) is 11.6 Å². The molecule has 5 nitrogen and oxygen atoms in total. The van der Waals surface area contributed by atoms with Crippen LogP contribution in [-0.4, -0.2) is 20.3 Å². The van der Waals surface area contributed by atoms with Crippen molar-refractivity contribution in [1.82, 2.24) is 14.5 Å². The lowest BCUT2D eigenvalue weighted by Crippen LogP contribution is -2.06. The van der Waals surface area contributed by atoms with Gasteiger partial charge in [0.15, 0.2) is 0 Å². The molecule has 1 aromatic carbocycles. The zero-order chi connectivity index (χ0) is 17.4. The molecule has 3 aromatic heterocycles. The van der Waals surface area contributed by atoms with Crippen LogP contribution in [0.4, 0.5) is 5.82 Å². The molecule has 0 bridgehead atoms. The number of thiophene rings is 1. The predicted octanol–water partition coefficient (Wildman–Crippen LogP) is 3.66. The van der Waals surface area contributed by atoms with Crippen molar-refractivity contribution in [3.8, 4) is 0 Å². The number of para-hydroxylation sites is 1. The molecule has 0 amide bonds. The molecule has 4 rings (SSSR count). The summed E-state index contributed by atoms with van der Waals surface area (Å²) in [5.41, 5.74) is 9.66. The summed E-state index contributed by atoms with van der Waals surface area (Å²) >= 11 is 1.42. The lowest BCUT2D eigenvalue weighted by Gasteiger charge is -2.03. The molecule has 0 atom stereocenters. The Morgan fingerprint density at radius 1 is 1.32 bits per heavy atom. The number of nitrogen functional groups attached to an aromatic ring is 1. The molecule has 124 valence electrons. The minimum absolute atomic E-state index is 0.136. The van der Waals surface area contributed by atoms with Crippen LogP contribution < -0.4 is 5.73 Å². The van der Waals surface area contributed by atoms with Crippen molar-refractivity contribution < 1.29 is 4.79 Å². The number of rotatable bonds is 4. The summed E-state index contributed by atoms with van der Waals surface area (Å²) in [5, 5.41) is 3.26. The molecule has 0 spiro atoms. The number of fused-ring (bicyclic) bond motifs is 1. The van der Waals surface area contributed by atoms with Crippen LogP contribution in [0.1, 0.15) is 26.4 Å². The number of aromatic nitrogens is 3. The predicted molar refractivity (Wildman–Crippen MR) is 100.0 cm³/mol. The Morgan fingerprint density at radius 2 is 2.16 bits per heavy atom. The standard InChI is InChI=1S/C19H16N4OS/c1-12-8-23(16-5-3-2-4-14(12)16)9-13-6-17(25-10-13)18(24)15-7-21-11-22-19(15)20/h2-8,10-11H,9H2,1H3,(H2,20,21,22). The van der Waals surface area contributed by atoms with Gasteiger partial charge in [0.05, 0.1) is 10.4 Å². The van der Waals surface area contributed by atoms with Crippen molar-refractivity contribution in [3.63, 3.8) is 0 Å². The molecule has 0 radical (unpaired) electrons. The third-order valence-electron chi connectivity index (χ3n) is 4.21. The van der Waals surface area contributed by atoms with Crippen molar-refractivity contribution in [1.29, 1.82) is 0 Å². The smallest absolute Gasteiger partial charge is 0.208 e. The van der Waals surface area contributed by atoms with Crippen LogP contribution in [-0.2, 0) is 6.54 Å². The number of carbonyl (C=O) groups is 1. The fourth-order valence-corrected chi connectivity index (χ4v) is 3.84. The molecule has 6 heteroatoms. The first kappa shape index (κ1) is 15.5. The number of anilines is 1. The Hall–Kier alpha value is -2.99. The molecule has 0 aliphatic carbocycles. The summed E-state index contributed by atoms with van der Waals surface area (Å²) in [6, 6.07) is 10.3. The fraction of sp³-hybridized carbons (Fsp3) is 0.105. The number of carbonyl (C=O) groups excluding carboxylic acids is 1. The molecule has 25 heavy (non-hydrogen) atoms. The van der Waals surface area contributed by atoms with Gasteiger partial charge in [-0.25, -0.2) is 9.97 Å². The van der Waals surface area contributed by atoms with E-state index in [9.17, 15) is 4.79 Å². The molecule has 0 unspecified atom stereocenters. The van der Waals surface area contributed by atoms with Crippen molar-refractivity contribution in [2.24, 2.45) is 0 Å². The highest BCUT2D eigenvalue weighted by Gasteiger charge is 2.16. The van der Waals surface area contributed by atoms with Crippen LogP contribution in [0.25, 0.3) is 10.9 Å². The molecule has 4 aromatic rings. The molecule has 2 N–H and O–H groups in total. The van der Waals surface area contributed by atoms with Gasteiger partial charge >= 0.3 is 0 Å². The van der Waals surface area contributed by atoms with Crippen LogP contribution in [0.5, 0.6) is 0 Å². The molecule has 3 heterocycles. The van der Waals surface area contributed by atoms with Crippen molar-refractivity contribution in [3.05, 3.63) is 76.0 Å². The molecule has 0 aliphatic heterocycles. The third kappa shape index (κ3) is 2.81. The van der Waals surface area contributed by atoms with E-state index < -0.39 is 0 Å². The van der Waals surface area contributed by atoms with Gasteiger partial charge in [-0.1, -0.05) is 18.2 Å². The average Bonchev–Trinajstić information content (AvgIpc) is 3.21. The summed E-state index contributed by atoms with van der Waals surface area (Å²) < 4.78 is 2.21. The van der Waals surface area contributed by atoms with Gasteiger partial charge in [0.25, 0.3) is 0 Å². The Morgan fingerprint density at radius 3 is 3.00 bits per heavy atom. The number of aryl methyl sites for hydroxylation is 1. The quantitative estimate of drug-likeness (QED) is 0.571. The Kier molecular flexibility index (Phi) is 3.82. The van der Waals surface area contributed by atoms with Gasteiger partial charge in [0.2, 0.25) is 5.78 Å². The highest BCUT2D eigenvalue weighted by Crippen LogP contribution is 2.24. The first-order valence-electron chi connectivity index (χ1n) is 7.85. The van der Waals surface area contributed by atoms with Crippen LogP contribution >= 0.6 is 11.3 Å². The molecule has 0 fully saturated rings. The molecular weight excluding hydrogens is 332 g/mol. The Balaban J connectivity index is 1.63. The average molecular weight is 348 g/mol. The van der Waals surface area contributed by atoms with Crippen molar-refractivity contribution >= 4 is 33.8 Å². The number of hydrogen-bond donors (Lipinski definition) is 1. The van der Waals surface area contributed by atoms with E-state index in [1.54, 1.807) is 0 Å². The van der Waals surface area contributed by atoms with Crippen LogP contribution in [0.15, 0.2) is 54.4 Å². The first-order chi connectivity index (χ1) is 12.1. The summed E-state index contributed by atoms with van der Waals surface area (Å²) in [6.45, 7) is 2.83. The van der Waals surface area contributed by atoms with Crippen molar-refractivity contribution in [2.75, 3.05) is 5.73 Å².